The Morgan fingerprint density at radius 2 is 1.93 bits per heavy atom. The first kappa shape index (κ1) is 22.4. The van der Waals surface area contributed by atoms with Crippen molar-refractivity contribution in [2.24, 2.45) is 16.3 Å². The highest BCUT2D eigenvalue weighted by Crippen LogP contribution is 2.62. The third-order valence-electron chi connectivity index (χ3n) is 7.26. The van der Waals surface area contributed by atoms with Crippen molar-refractivity contribution in [3.8, 4) is 0 Å². The summed E-state index contributed by atoms with van der Waals surface area (Å²) in [5, 5.41) is 3.72. The second kappa shape index (κ2) is 8.45. The van der Waals surface area contributed by atoms with Gasteiger partial charge in [0, 0.05) is 56.7 Å². The molecule has 9 heteroatoms. The highest BCUT2D eigenvalue weighted by molar-refractivity contribution is 14.0. The minimum atomic E-state index is -4.17. The zero-order valence-corrected chi connectivity index (χ0v) is 19.0. The van der Waals surface area contributed by atoms with E-state index in [1.54, 1.807) is 0 Å². The summed E-state index contributed by atoms with van der Waals surface area (Å²) < 4.78 is 45.0. The molecule has 0 aromatic heterocycles. The van der Waals surface area contributed by atoms with Crippen molar-refractivity contribution in [3.63, 3.8) is 0 Å². The predicted molar refractivity (Wildman–Crippen MR) is 113 cm³/mol. The molecule has 4 unspecified atom stereocenters. The molecule has 1 N–H and O–H groups in total. The average Bonchev–Trinajstić information content (AvgIpc) is 3.01. The summed E-state index contributed by atoms with van der Waals surface area (Å²) in [5.74, 6) is 1.43. The molecule has 4 rings (SSSR count). The SMILES string of the molecule is CCN=C(NC1C2CCOC2C12CCC2)N1CCN(C(C)C(F)(F)F)CC1.I. The summed E-state index contributed by atoms with van der Waals surface area (Å²) >= 11 is 0. The van der Waals surface area contributed by atoms with Crippen LogP contribution in [0.4, 0.5) is 13.2 Å². The highest BCUT2D eigenvalue weighted by Gasteiger charge is 2.66. The van der Waals surface area contributed by atoms with Crippen molar-refractivity contribution in [1.29, 1.82) is 0 Å². The summed E-state index contributed by atoms with van der Waals surface area (Å²) in [6.07, 6.45) is 1.01. The first-order chi connectivity index (χ1) is 12.9. The smallest absolute Gasteiger partial charge is 0.377 e. The summed E-state index contributed by atoms with van der Waals surface area (Å²) in [7, 11) is 0. The van der Waals surface area contributed by atoms with Crippen LogP contribution in [0.5, 0.6) is 0 Å². The minimum Gasteiger partial charge on any atom is -0.377 e. The maximum atomic E-state index is 13.0. The minimum absolute atomic E-state index is 0. The molecule has 0 amide bonds. The summed E-state index contributed by atoms with van der Waals surface area (Å²) in [6.45, 7) is 6.77. The molecule has 5 nitrogen and oxygen atoms in total. The Bertz CT molecular complexity index is 576. The Morgan fingerprint density at radius 1 is 1.25 bits per heavy atom. The zero-order chi connectivity index (χ0) is 19.2. The van der Waals surface area contributed by atoms with Crippen LogP contribution in [0.25, 0.3) is 0 Å². The number of nitrogens with zero attached hydrogens (tertiary/aromatic N) is 3. The largest absolute Gasteiger partial charge is 0.403 e. The number of fused-ring (bicyclic) bond motifs is 2. The van der Waals surface area contributed by atoms with E-state index in [1.807, 2.05) is 6.92 Å². The summed E-state index contributed by atoms with van der Waals surface area (Å²) in [4.78, 5) is 8.34. The maximum absolute atomic E-state index is 13.0. The fraction of sp³-hybridized carbons (Fsp3) is 0.947. The van der Waals surface area contributed by atoms with Gasteiger partial charge in [0.25, 0.3) is 0 Å². The van der Waals surface area contributed by atoms with E-state index in [0.717, 1.165) is 19.0 Å². The Kier molecular flexibility index (Phi) is 6.76. The third kappa shape index (κ3) is 3.75. The third-order valence-corrected chi connectivity index (χ3v) is 7.26. The monoisotopic (exact) mass is 516 g/mol. The van der Waals surface area contributed by atoms with Gasteiger partial charge in [0.05, 0.1) is 6.10 Å². The van der Waals surface area contributed by atoms with Gasteiger partial charge in [-0.1, -0.05) is 6.42 Å². The van der Waals surface area contributed by atoms with E-state index < -0.39 is 12.2 Å². The molecule has 4 fully saturated rings. The van der Waals surface area contributed by atoms with Gasteiger partial charge in [-0.05, 0) is 33.1 Å². The van der Waals surface area contributed by atoms with Crippen molar-refractivity contribution in [1.82, 2.24) is 15.1 Å². The maximum Gasteiger partial charge on any atom is 0.403 e. The van der Waals surface area contributed by atoms with Gasteiger partial charge in [-0.15, -0.1) is 24.0 Å². The van der Waals surface area contributed by atoms with Crippen LogP contribution in [0.1, 0.15) is 39.5 Å². The van der Waals surface area contributed by atoms with E-state index in [2.05, 4.69) is 15.2 Å². The van der Waals surface area contributed by atoms with E-state index in [4.69, 9.17) is 4.74 Å². The lowest BCUT2D eigenvalue weighted by Gasteiger charge is -2.63. The number of hydrogen-bond acceptors (Lipinski definition) is 3. The van der Waals surface area contributed by atoms with Crippen LogP contribution in [0, 0.1) is 11.3 Å². The molecule has 2 saturated heterocycles. The Balaban J connectivity index is 0.00000225. The second-order valence-corrected chi connectivity index (χ2v) is 8.49. The molecular formula is C19H32F3IN4O. The Labute approximate surface area is 182 Å². The predicted octanol–water partition coefficient (Wildman–Crippen LogP) is 3.10. The number of ether oxygens (including phenoxy) is 1. The summed E-state index contributed by atoms with van der Waals surface area (Å²) in [6, 6.07) is -0.989. The standard InChI is InChI=1S/C19H31F3N4O.HI/c1-3-23-17(26-10-8-25(9-11-26)13(2)19(20,21)22)24-15-14-5-12-27-16(14)18(15)6-4-7-18;/h13-16H,3-12H2,1-2H3,(H,23,24);1H. The van der Waals surface area contributed by atoms with E-state index in [-0.39, 0.29) is 29.4 Å². The van der Waals surface area contributed by atoms with Gasteiger partial charge in [-0.2, -0.15) is 13.2 Å². The number of aliphatic imine (C=N–C) groups is 1. The first-order valence-corrected chi connectivity index (χ1v) is 10.3. The van der Waals surface area contributed by atoms with E-state index in [0.29, 0.717) is 50.8 Å². The lowest BCUT2D eigenvalue weighted by molar-refractivity contribution is -0.181. The number of piperazine rings is 1. The molecule has 28 heavy (non-hydrogen) atoms. The molecule has 2 saturated carbocycles. The second-order valence-electron chi connectivity index (χ2n) is 8.49. The van der Waals surface area contributed by atoms with Gasteiger partial charge in [0.2, 0.25) is 0 Å². The zero-order valence-electron chi connectivity index (χ0n) is 16.7. The Morgan fingerprint density at radius 3 is 2.46 bits per heavy atom. The lowest BCUT2D eigenvalue weighted by Crippen LogP contribution is -2.73. The van der Waals surface area contributed by atoms with Crippen LogP contribution >= 0.6 is 24.0 Å². The molecule has 0 bridgehead atoms. The van der Waals surface area contributed by atoms with Gasteiger partial charge >= 0.3 is 6.18 Å². The molecule has 2 heterocycles. The van der Waals surface area contributed by atoms with Crippen LogP contribution in [-0.2, 0) is 4.74 Å². The number of nitrogens with one attached hydrogen (secondary N) is 1. The molecule has 4 atom stereocenters. The fourth-order valence-electron chi connectivity index (χ4n) is 5.51. The van der Waals surface area contributed by atoms with Gasteiger partial charge in [0.15, 0.2) is 5.96 Å². The number of guanidine groups is 1. The molecular weight excluding hydrogens is 484 g/mol. The van der Waals surface area contributed by atoms with E-state index >= 15 is 0 Å². The van der Waals surface area contributed by atoms with E-state index in [9.17, 15) is 13.2 Å². The molecule has 0 aromatic rings. The molecule has 0 radical (unpaired) electrons. The van der Waals surface area contributed by atoms with E-state index in [1.165, 1.54) is 31.1 Å². The molecule has 2 aliphatic carbocycles. The molecule has 1 spiro atoms. The quantitative estimate of drug-likeness (QED) is 0.356. The van der Waals surface area contributed by atoms with Crippen molar-refractivity contribution in [3.05, 3.63) is 0 Å². The Hall–Kier alpha value is -0.290. The van der Waals surface area contributed by atoms with Crippen LogP contribution in [0.15, 0.2) is 4.99 Å². The van der Waals surface area contributed by atoms with Gasteiger partial charge in [-0.3, -0.25) is 9.89 Å². The van der Waals surface area contributed by atoms with Crippen LogP contribution in [0.3, 0.4) is 0 Å². The van der Waals surface area contributed by atoms with Crippen LogP contribution in [0.2, 0.25) is 0 Å². The van der Waals surface area contributed by atoms with Crippen molar-refractivity contribution in [2.75, 3.05) is 39.3 Å². The van der Waals surface area contributed by atoms with Crippen LogP contribution in [-0.4, -0.2) is 79.5 Å². The van der Waals surface area contributed by atoms with Gasteiger partial charge in [0.1, 0.15) is 6.04 Å². The lowest BCUT2D eigenvalue weighted by atomic mass is 9.46. The average molecular weight is 516 g/mol. The molecule has 0 aromatic carbocycles. The number of alkyl halides is 3. The molecule has 162 valence electrons. The fourth-order valence-corrected chi connectivity index (χ4v) is 5.51. The summed E-state index contributed by atoms with van der Waals surface area (Å²) in [5.41, 5.74) is 0.266. The first-order valence-electron chi connectivity index (χ1n) is 10.3. The van der Waals surface area contributed by atoms with Crippen molar-refractivity contribution in [2.45, 2.75) is 63.9 Å². The molecule has 4 aliphatic rings. The number of hydrogen-bond donors (Lipinski definition) is 1. The van der Waals surface area contributed by atoms with Crippen LogP contribution < -0.4 is 5.32 Å². The topological polar surface area (TPSA) is 40.1 Å². The van der Waals surface area contributed by atoms with Crippen molar-refractivity contribution < 1.29 is 17.9 Å². The normalized spacial score (nSPS) is 33.5. The number of rotatable bonds is 3. The number of halogens is 4. The molecule has 2 aliphatic heterocycles. The van der Waals surface area contributed by atoms with Gasteiger partial charge in [-0.25, -0.2) is 0 Å². The van der Waals surface area contributed by atoms with Crippen molar-refractivity contribution >= 4 is 29.9 Å². The van der Waals surface area contributed by atoms with Gasteiger partial charge < -0.3 is 15.0 Å². The highest BCUT2D eigenvalue weighted by atomic mass is 127.